The molecule has 0 aromatic heterocycles. The van der Waals surface area contributed by atoms with Crippen molar-refractivity contribution in [2.75, 3.05) is 0 Å². The van der Waals surface area contributed by atoms with Gasteiger partial charge in [0, 0.05) is 0 Å². The normalized spacial score (nSPS) is 12.0. The summed E-state index contributed by atoms with van der Waals surface area (Å²) < 4.78 is 29.1. The number of hydrogen-bond acceptors (Lipinski definition) is 2. The summed E-state index contributed by atoms with van der Waals surface area (Å²) in [5.74, 6) is 0. The van der Waals surface area contributed by atoms with Crippen molar-refractivity contribution >= 4 is 14.5 Å². The Bertz CT molecular complexity index is 71.6. The zero-order chi connectivity index (χ0) is 5.21. The first-order valence-electron chi connectivity index (χ1n) is 1.05. The van der Waals surface area contributed by atoms with Gasteiger partial charge in [-0.3, -0.25) is 0 Å². The molecule has 0 aliphatic heterocycles. The second-order valence-corrected chi connectivity index (χ2v) is 8.44. The van der Waals surface area contributed by atoms with Crippen molar-refractivity contribution < 1.29 is 40.1 Å². The number of rotatable bonds is 1. The van der Waals surface area contributed by atoms with E-state index in [0.717, 1.165) is 0 Å². The monoisotopic (exact) mass is 343 g/mol. The summed E-state index contributed by atoms with van der Waals surface area (Å²) >= 11 is -4.81. The Hall–Kier alpha value is 1.17. The van der Waals surface area contributed by atoms with Crippen molar-refractivity contribution in [3.05, 3.63) is 0 Å². The Morgan fingerprint density at radius 1 is 1.67 bits per heavy atom. The molecular weight excluding hydrogens is 340 g/mol. The van der Waals surface area contributed by atoms with Crippen LogP contribution in [0.2, 0.25) is 0 Å². The van der Waals surface area contributed by atoms with Gasteiger partial charge in [0.05, 0.1) is 0 Å². The fourth-order valence-electron chi connectivity index (χ4n) is 0. The summed E-state index contributed by atoms with van der Waals surface area (Å²) in [5, 5.41) is 0. The summed E-state index contributed by atoms with van der Waals surface area (Å²) in [4.78, 5) is 0. The van der Waals surface area contributed by atoms with Gasteiger partial charge in [-0.05, 0) is 0 Å². The van der Waals surface area contributed by atoms with Crippen molar-refractivity contribution in [3.8, 4) is 0 Å². The van der Waals surface area contributed by atoms with Crippen LogP contribution in [0.25, 0.3) is 0 Å². The molecule has 0 amide bonds. The molecule has 2 N–H and O–H groups in total. The molecule has 33 valence electrons. The minimum absolute atomic E-state index is 0.232. The summed E-state index contributed by atoms with van der Waals surface area (Å²) in [6.45, 7) is 0. The van der Waals surface area contributed by atoms with Gasteiger partial charge in [-0.1, -0.05) is 0 Å². The first kappa shape index (κ1) is 7.17. The first-order valence-corrected chi connectivity index (χ1v) is 6.51. The molecule has 0 atom stereocenters. The summed E-state index contributed by atoms with van der Waals surface area (Å²) in [6, 6.07) is 0. The third kappa shape index (κ3) is 5.17. The molecule has 0 rings (SSSR count). The van der Waals surface area contributed by atoms with Gasteiger partial charge in [-0.15, -0.1) is 0 Å². The van der Waals surface area contributed by atoms with Crippen LogP contribution in [-0.4, -0.2) is 22.7 Å². The first-order chi connectivity index (χ1) is 2.56. The van der Waals surface area contributed by atoms with Crippen molar-refractivity contribution in [2.45, 2.75) is 0 Å². The molecule has 6 heteroatoms. The van der Waals surface area contributed by atoms with E-state index in [-0.39, 0.29) is 26.6 Å². The topological polar surface area (TPSA) is 66.8 Å². The molecule has 0 aromatic rings. The fourth-order valence-corrected chi connectivity index (χ4v) is 0. The second-order valence-electron chi connectivity index (χ2n) is 0.620. The number of hydrogen-bond donors (Lipinski definition) is 2. The molecule has 0 spiro atoms. The van der Waals surface area contributed by atoms with E-state index in [1.807, 2.05) is 0 Å². The quantitative estimate of drug-likeness (QED) is 0.559. The van der Waals surface area contributed by atoms with E-state index in [4.69, 9.17) is 8.19 Å². The van der Waals surface area contributed by atoms with Crippen molar-refractivity contribution in [3.63, 3.8) is 0 Å². The van der Waals surface area contributed by atoms with Crippen LogP contribution in [0.15, 0.2) is 0 Å². The fraction of sp³-hybridized carbons (Fsp3) is 0. The molecule has 0 aliphatic rings. The Kier molecular flexibility index (Phi) is 2.96. The van der Waals surface area contributed by atoms with Gasteiger partial charge in [-0.2, -0.15) is 0 Å². The Labute approximate surface area is 54.5 Å². The van der Waals surface area contributed by atoms with Crippen LogP contribution in [0.4, 0.5) is 0 Å². The molecule has 0 aliphatic carbocycles. The standard InChI is InChI=1S/AsH3O4.Hg/c2-1(3,4)5;/h(H3,2,3,4,5);/q;+1/p-1. The molecule has 0 heterocycles. The molecule has 0 fully saturated rings. The van der Waals surface area contributed by atoms with Crippen LogP contribution in [-0.2, 0) is 32.0 Å². The van der Waals surface area contributed by atoms with Crippen LogP contribution in [0, 0.1) is 0 Å². The van der Waals surface area contributed by atoms with Gasteiger partial charge in [0.2, 0.25) is 0 Å². The van der Waals surface area contributed by atoms with Gasteiger partial charge in [0.1, 0.15) is 0 Å². The maximum atomic E-state index is 9.58. The maximum absolute atomic E-state index is 9.58. The SMILES string of the molecule is O=[As](O)(O)[O][Hg]. The summed E-state index contributed by atoms with van der Waals surface area (Å²) in [7, 11) is 0. The van der Waals surface area contributed by atoms with Crippen LogP contribution in [0.1, 0.15) is 0 Å². The second kappa shape index (κ2) is 2.47. The van der Waals surface area contributed by atoms with Gasteiger partial charge in [0.15, 0.2) is 0 Å². The molecule has 0 unspecified atom stereocenters. The van der Waals surface area contributed by atoms with E-state index in [0.29, 0.717) is 0 Å². The average Bonchev–Trinajstić information content (AvgIpc) is 1.35. The molecule has 0 radical (unpaired) electrons. The van der Waals surface area contributed by atoms with E-state index in [2.05, 4.69) is 1.63 Å². The van der Waals surface area contributed by atoms with Crippen molar-refractivity contribution in [1.82, 2.24) is 0 Å². The molecule has 0 saturated heterocycles. The molecule has 0 saturated carbocycles. The van der Waals surface area contributed by atoms with E-state index in [1.165, 1.54) is 0 Å². The van der Waals surface area contributed by atoms with E-state index in [9.17, 15) is 3.74 Å². The van der Waals surface area contributed by atoms with Gasteiger partial charge < -0.3 is 0 Å². The zero-order valence-corrected chi connectivity index (χ0v) is 10.2. The van der Waals surface area contributed by atoms with Crippen LogP contribution in [0.3, 0.4) is 0 Å². The predicted octanol–water partition coefficient (Wildman–Crippen LogP) is -1.68. The van der Waals surface area contributed by atoms with E-state index >= 15 is 0 Å². The molecule has 0 aromatic carbocycles. The zero-order valence-electron chi connectivity index (χ0n) is 2.87. The Morgan fingerprint density at radius 2 is 1.83 bits per heavy atom. The molecular formula is H2AsHgO4. The van der Waals surface area contributed by atoms with Crippen molar-refractivity contribution in [2.24, 2.45) is 0 Å². The Morgan fingerprint density at radius 3 is 1.83 bits per heavy atom. The van der Waals surface area contributed by atoms with Gasteiger partial charge >= 0.3 is 54.7 Å². The third-order valence-corrected chi connectivity index (χ3v) is 7.67. The summed E-state index contributed by atoms with van der Waals surface area (Å²) in [6.07, 6.45) is 0. The van der Waals surface area contributed by atoms with E-state index < -0.39 is 14.5 Å². The van der Waals surface area contributed by atoms with Crippen LogP contribution in [0.5, 0.6) is 0 Å². The van der Waals surface area contributed by atoms with Crippen LogP contribution >= 0.6 is 0 Å². The van der Waals surface area contributed by atoms with Gasteiger partial charge in [0.25, 0.3) is 0 Å². The average molecular weight is 342 g/mol. The van der Waals surface area contributed by atoms with E-state index in [1.54, 1.807) is 0 Å². The Balaban J connectivity index is 3.48. The molecule has 4 nitrogen and oxygen atoms in total. The van der Waals surface area contributed by atoms with Gasteiger partial charge in [-0.25, -0.2) is 0 Å². The minimum atomic E-state index is -4.57. The molecule has 0 bridgehead atoms. The van der Waals surface area contributed by atoms with Crippen LogP contribution < -0.4 is 0 Å². The third-order valence-electron chi connectivity index (χ3n) is 0.168. The predicted molar refractivity (Wildman–Crippen MR) is 12.0 cm³/mol. The van der Waals surface area contributed by atoms with Crippen molar-refractivity contribution in [1.29, 1.82) is 0 Å². The summed E-state index contributed by atoms with van der Waals surface area (Å²) in [5.41, 5.74) is 0. The molecule has 6 heavy (non-hydrogen) atoms.